The van der Waals surface area contributed by atoms with Crippen molar-refractivity contribution in [2.45, 2.75) is 32.1 Å². The van der Waals surface area contributed by atoms with Gasteiger partial charge in [-0.3, -0.25) is 9.88 Å². The molecule has 0 aliphatic carbocycles. The molecule has 0 amide bonds. The molecular weight excluding hydrogens is 340 g/mol. The zero-order valence-corrected chi connectivity index (χ0v) is 14.7. The van der Waals surface area contributed by atoms with Gasteiger partial charge in [-0.25, -0.2) is 0 Å². The second-order valence-corrected chi connectivity index (χ2v) is 6.88. The average Bonchev–Trinajstić information content (AvgIpc) is 3.09. The Morgan fingerprint density at radius 1 is 1.28 bits per heavy atom. The molecule has 1 aromatic heterocycles. The predicted octanol–water partition coefficient (Wildman–Crippen LogP) is 3.64. The lowest BCUT2D eigenvalue weighted by molar-refractivity contribution is -0.0121. The Kier molecular flexibility index (Phi) is 5.06. The number of piperidine rings is 1. The van der Waals surface area contributed by atoms with Crippen LogP contribution in [0.25, 0.3) is 0 Å². The van der Waals surface area contributed by atoms with Crippen molar-refractivity contribution in [3.8, 4) is 11.5 Å². The standard InChI is InChI=1S/C19H21ClN2O3/c20-17-8-19-18(24-13-25-19)7-15(17)10-22-6-2-4-16(11-22)23-12-14-3-1-5-21-9-14/h1,3,5,7-9,16H,2,4,6,10-13H2. The molecule has 1 atom stereocenters. The summed E-state index contributed by atoms with van der Waals surface area (Å²) in [5.74, 6) is 1.51. The van der Waals surface area contributed by atoms with Crippen LogP contribution >= 0.6 is 11.6 Å². The normalized spacial score (nSPS) is 20.0. The average molecular weight is 361 g/mol. The lowest BCUT2D eigenvalue weighted by atomic mass is 10.1. The Morgan fingerprint density at radius 2 is 2.16 bits per heavy atom. The fourth-order valence-corrected chi connectivity index (χ4v) is 3.53. The van der Waals surface area contributed by atoms with Crippen LogP contribution in [-0.2, 0) is 17.9 Å². The van der Waals surface area contributed by atoms with E-state index < -0.39 is 0 Å². The molecule has 0 N–H and O–H groups in total. The SMILES string of the molecule is Clc1cc2c(cc1CN1CCCC(OCc3cccnc3)C1)OCO2. The summed E-state index contributed by atoms with van der Waals surface area (Å²) in [4.78, 5) is 6.52. The second-order valence-electron chi connectivity index (χ2n) is 6.47. The van der Waals surface area contributed by atoms with Crippen LogP contribution in [0.15, 0.2) is 36.7 Å². The molecule has 2 aromatic rings. The highest BCUT2D eigenvalue weighted by Gasteiger charge is 2.23. The third-order valence-electron chi connectivity index (χ3n) is 4.61. The number of halogens is 1. The molecule has 0 spiro atoms. The summed E-state index contributed by atoms with van der Waals surface area (Å²) in [5, 5.41) is 0.725. The topological polar surface area (TPSA) is 43.8 Å². The van der Waals surface area contributed by atoms with Gasteiger partial charge in [-0.15, -0.1) is 0 Å². The van der Waals surface area contributed by atoms with E-state index in [-0.39, 0.29) is 12.9 Å². The fraction of sp³-hybridized carbons (Fsp3) is 0.421. The molecule has 0 bridgehead atoms. The smallest absolute Gasteiger partial charge is 0.231 e. The van der Waals surface area contributed by atoms with Gasteiger partial charge in [0.15, 0.2) is 11.5 Å². The molecule has 0 saturated carbocycles. The highest BCUT2D eigenvalue weighted by Crippen LogP contribution is 2.37. The zero-order valence-electron chi connectivity index (χ0n) is 14.0. The van der Waals surface area contributed by atoms with Crippen LogP contribution in [0.4, 0.5) is 0 Å². The second kappa shape index (κ2) is 7.60. The molecule has 132 valence electrons. The van der Waals surface area contributed by atoms with E-state index in [9.17, 15) is 0 Å². The Morgan fingerprint density at radius 3 is 3.00 bits per heavy atom. The Balaban J connectivity index is 1.35. The summed E-state index contributed by atoms with van der Waals surface area (Å²) < 4.78 is 16.9. The van der Waals surface area contributed by atoms with E-state index in [1.807, 2.05) is 30.5 Å². The first kappa shape index (κ1) is 16.6. The van der Waals surface area contributed by atoms with E-state index in [0.29, 0.717) is 6.61 Å². The van der Waals surface area contributed by atoms with Crippen molar-refractivity contribution in [2.24, 2.45) is 0 Å². The summed E-state index contributed by atoms with van der Waals surface area (Å²) >= 11 is 6.40. The molecule has 1 unspecified atom stereocenters. The highest BCUT2D eigenvalue weighted by molar-refractivity contribution is 6.31. The summed E-state index contributed by atoms with van der Waals surface area (Å²) in [6.07, 6.45) is 6.08. The van der Waals surface area contributed by atoms with Crippen LogP contribution in [0.3, 0.4) is 0 Å². The van der Waals surface area contributed by atoms with Gasteiger partial charge in [-0.2, -0.15) is 0 Å². The van der Waals surface area contributed by atoms with Crippen molar-refractivity contribution in [2.75, 3.05) is 19.9 Å². The predicted molar refractivity (Wildman–Crippen MR) is 94.9 cm³/mol. The van der Waals surface area contributed by atoms with E-state index in [1.165, 1.54) is 0 Å². The minimum Gasteiger partial charge on any atom is -0.454 e. The first-order valence-corrected chi connectivity index (χ1v) is 8.96. The number of benzene rings is 1. The van der Waals surface area contributed by atoms with Gasteiger partial charge in [0.1, 0.15) is 0 Å². The van der Waals surface area contributed by atoms with Crippen molar-refractivity contribution in [3.63, 3.8) is 0 Å². The minimum atomic E-state index is 0.238. The maximum atomic E-state index is 6.40. The number of nitrogens with zero attached hydrogens (tertiary/aromatic N) is 2. The summed E-state index contributed by atoms with van der Waals surface area (Å²) in [5.41, 5.74) is 2.18. The van der Waals surface area contributed by atoms with E-state index in [4.69, 9.17) is 25.8 Å². The largest absolute Gasteiger partial charge is 0.454 e. The molecule has 1 aromatic carbocycles. The van der Waals surface area contributed by atoms with Gasteiger partial charge in [0.25, 0.3) is 0 Å². The molecule has 3 heterocycles. The van der Waals surface area contributed by atoms with Crippen molar-refractivity contribution < 1.29 is 14.2 Å². The maximum absolute atomic E-state index is 6.40. The number of hydrogen-bond donors (Lipinski definition) is 0. The summed E-state index contributed by atoms with van der Waals surface area (Å²) in [7, 11) is 0. The number of ether oxygens (including phenoxy) is 3. The molecule has 5 nitrogen and oxygen atoms in total. The third-order valence-corrected chi connectivity index (χ3v) is 4.96. The van der Waals surface area contributed by atoms with Crippen LogP contribution in [0.5, 0.6) is 11.5 Å². The maximum Gasteiger partial charge on any atom is 0.231 e. The third kappa shape index (κ3) is 4.06. The van der Waals surface area contributed by atoms with Crippen molar-refractivity contribution in [1.82, 2.24) is 9.88 Å². The molecule has 0 radical (unpaired) electrons. The molecule has 4 rings (SSSR count). The van der Waals surface area contributed by atoms with Crippen LogP contribution in [0, 0.1) is 0 Å². The Bertz CT molecular complexity index is 726. The molecular formula is C19H21ClN2O3. The number of fused-ring (bicyclic) bond motifs is 1. The van der Waals surface area contributed by atoms with Crippen molar-refractivity contribution in [1.29, 1.82) is 0 Å². The number of pyridine rings is 1. The lowest BCUT2D eigenvalue weighted by Gasteiger charge is -2.32. The van der Waals surface area contributed by atoms with Gasteiger partial charge in [0.2, 0.25) is 6.79 Å². The van der Waals surface area contributed by atoms with E-state index >= 15 is 0 Å². The number of likely N-dealkylation sites (tertiary alicyclic amines) is 1. The van der Waals surface area contributed by atoms with E-state index in [2.05, 4.69) is 9.88 Å². The molecule has 6 heteroatoms. The highest BCUT2D eigenvalue weighted by atomic mass is 35.5. The van der Waals surface area contributed by atoms with Gasteiger partial charge in [-0.05, 0) is 42.6 Å². The molecule has 1 fully saturated rings. The van der Waals surface area contributed by atoms with Crippen LogP contribution in [0.2, 0.25) is 5.02 Å². The fourth-order valence-electron chi connectivity index (χ4n) is 3.31. The summed E-state index contributed by atoms with van der Waals surface area (Å²) in [6, 6.07) is 7.82. The zero-order chi connectivity index (χ0) is 17.1. The van der Waals surface area contributed by atoms with Crippen molar-refractivity contribution in [3.05, 3.63) is 52.8 Å². The number of hydrogen-bond acceptors (Lipinski definition) is 5. The Hall–Kier alpha value is -1.82. The van der Waals surface area contributed by atoms with Gasteiger partial charge in [0, 0.05) is 36.6 Å². The minimum absolute atomic E-state index is 0.238. The van der Waals surface area contributed by atoms with Crippen LogP contribution in [0.1, 0.15) is 24.0 Å². The van der Waals surface area contributed by atoms with E-state index in [0.717, 1.165) is 60.1 Å². The van der Waals surface area contributed by atoms with Gasteiger partial charge < -0.3 is 14.2 Å². The Labute approximate surface area is 152 Å². The first-order chi connectivity index (χ1) is 12.3. The molecule has 2 aliphatic rings. The van der Waals surface area contributed by atoms with E-state index in [1.54, 1.807) is 6.20 Å². The molecule has 1 saturated heterocycles. The van der Waals surface area contributed by atoms with Crippen LogP contribution in [-0.4, -0.2) is 35.9 Å². The van der Waals surface area contributed by atoms with Crippen molar-refractivity contribution >= 4 is 11.6 Å². The van der Waals surface area contributed by atoms with Gasteiger partial charge >= 0.3 is 0 Å². The molecule has 25 heavy (non-hydrogen) atoms. The molecule has 2 aliphatic heterocycles. The number of rotatable bonds is 5. The van der Waals surface area contributed by atoms with Gasteiger partial charge in [0.05, 0.1) is 12.7 Å². The van der Waals surface area contributed by atoms with Crippen LogP contribution < -0.4 is 9.47 Å². The lowest BCUT2D eigenvalue weighted by Crippen LogP contribution is -2.39. The van der Waals surface area contributed by atoms with Gasteiger partial charge in [-0.1, -0.05) is 17.7 Å². The first-order valence-electron chi connectivity index (χ1n) is 8.59. The number of aromatic nitrogens is 1. The summed E-state index contributed by atoms with van der Waals surface area (Å²) in [6.45, 7) is 3.63. The monoisotopic (exact) mass is 360 g/mol. The quantitative estimate of drug-likeness (QED) is 0.814.